The summed E-state index contributed by atoms with van der Waals surface area (Å²) >= 11 is 12.3. The number of β-amino-alcohol motifs (C(OH)–C–C–N with tert-alkyl or cyclic N) is 1. The number of halogens is 2. The number of hydrogen-bond acceptors (Lipinski definition) is 6. The normalized spacial score (nSPS) is 14.3. The molecule has 0 atom stereocenters. The summed E-state index contributed by atoms with van der Waals surface area (Å²) in [6.45, 7) is 1.64. The molecule has 1 aliphatic rings. The van der Waals surface area contributed by atoms with Crippen LogP contribution in [0.3, 0.4) is 0 Å². The summed E-state index contributed by atoms with van der Waals surface area (Å²) in [7, 11) is 1.20. The van der Waals surface area contributed by atoms with Gasteiger partial charge in [0.05, 0.1) is 36.5 Å². The van der Waals surface area contributed by atoms with Gasteiger partial charge in [0.2, 0.25) is 0 Å². The molecule has 0 unspecified atom stereocenters. The van der Waals surface area contributed by atoms with Gasteiger partial charge in [0.1, 0.15) is 5.70 Å². The van der Waals surface area contributed by atoms with Crippen LogP contribution in [0.25, 0.3) is 0 Å². The van der Waals surface area contributed by atoms with Crippen molar-refractivity contribution in [3.05, 3.63) is 32.9 Å². The highest BCUT2D eigenvalue weighted by atomic mass is 35.5. The summed E-state index contributed by atoms with van der Waals surface area (Å²) in [6, 6.07) is 1.44. The number of carbonyl (C=O) groups is 2. The zero-order valence-corrected chi connectivity index (χ0v) is 15.2. The number of methoxy groups -OCH3 is 1. The molecule has 3 N–H and O–H groups in total. The van der Waals surface area contributed by atoms with Crippen LogP contribution in [0.15, 0.2) is 17.3 Å². The molecule has 0 fully saturated rings. The molecule has 0 aliphatic carbocycles. The van der Waals surface area contributed by atoms with E-state index in [9.17, 15) is 14.7 Å². The zero-order chi connectivity index (χ0) is 18.7. The van der Waals surface area contributed by atoms with Crippen LogP contribution in [0.1, 0.15) is 12.5 Å². The van der Waals surface area contributed by atoms with Crippen LogP contribution < -0.4 is 5.32 Å². The molecule has 0 radical (unpaired) electrons. The number of carbonyl (C=O) groups excluding carboxylic acids is 2. The first-order valence-electron chi connectivity index (χ1n) is 7.54. The van der Waals surface area contributed by atoms with E-state index in [1.807, 2.05) is 6.92 Å². The molecule has 1 amide bonds. The number of nitrogens with one attached hydrogen (secondary N) is 1. The number of nitrogens with zero attached hydrogens (tertiary/aromatic N) is 1. The van der Waals surface area contributed by atoms with Crippen molar-refractivity contribution in [3.8, 4) is 5.75 Å². The van der Waals surface area contributed by atoms with E-state index in [0.29, 0.717) is 17.0 Å². The van der Waals surface area contributed by atoms with Gasteiger partial charge < -0.3 is 25.2 Å². The molecule has 0 saturated heterocycles. The maximum absolute atomic E-state index is 12.5. The Kier molecular flexibility index (Phi) is 6.16. The van der Waals surface area contributed by atoms with Crippen molar-refractivity contribution < 1.29 is 24.5 Å². The van der Waals surface area contributed by atoms with Crippen molar-refractivity contribution in [3.63, 3.8) is 0 Å². The summed E-state index contributed by atoms with van der Waals surface area (Å²) in [6.07, 6.45) is 0.519. The topological polar surface area (TPSA) is 99.1 Å². The Hall–Kier alpha value is -1.96. The summed E-state index contributed by atoms with van der Waals surface area (Å²) in [5, 5.41) is 22.5. The predicted octanol–water partition coefficient (Wildman–Crippen LogP) is 1.93. The van der Waals surface area contributed by atoms with E-state index in [1.54, 1.807) is 0 Å². The maximum Gasteiger partial charge on any atom is 0.337 e. The van der Waals surface area contributed by atoms with E-state index >= 15 is 0 Å². The van der Waals surface area contributed by atoms with Crippen LogP contribution in [-0.2, 0) is 20.7 Å². The molecule has 25 heavy (non-hydrogen) atoms. The van der Waals surface area contributed by atoms with E-state index < -0.39 is 11.9 Å². The van der Waals surface area contributed by atoms with Gasteiger partial charge in [0.25, 0.3) is 5.91 Å². The third-order valence-electron chi connectivity index (χ3n) is 3.85. The highest BCUT2D eigenvalue weighted by Gasteiger charge is 2.35. The average Bonchev–Trinajstić information content (AvgIpc) is 2.89. The molecule has 7 nitrogen and oxygen atoms in total. The number of amides is 1. The number of hydrogen-bond donors (Lipinski definition) is 3. The minimum atomic E-state index is -0.682. The minimum Gasteiger partial charge on any atom is -0.504 e. The lowest BCUT2D eigenvalue weighted by Crippen LogP contribution is -2.31. The number of aromatic hydroxyl groups is 1. The molecule has 2 rings (SSSR count). The molecule has 136 valence electrons. The van der Waals surface area contributed by atoms with Gasteiger partial charge >= 0.3 is 5.97 Å². The third kappa shape index (κ3) is 3.68. The van der Waals surface area contributed by atoms with Crippen LogP contribution in [0, 0.1) is 0 Å². The Bertz CT molecular complexity index is 749. The van der Waals surface area contributed by atoms with E-state index in [4.69, 9.17) is 33.0 Å². The van der Waals surface area contributed by atoms with Crippen molar-refractivity contribution in [2.24, 2.45) is 0 Å². The largest absolute Gasteiger partial charge is 0.504 e. The molecule has 1 aromatic carbocycles. The molecule has 0 saturated carbocycles. The lowest BCUT2D eigenvalue weighted by atomic mass is 10.1. The van der Waals surface area contributed by atoms with Gasteiger partial charge in [0, 0.05) is 11.6 Å². The number of aliphatic hydroxyl groups excluding tert-OH is 1. The fourth-order valence-electron chi connectivity index (χ4n) is 2.55. The predicted molar refractivity (Wildman–Crippen MR) is 93.8 cm³/mol. The Balaban J connectivity index is 2.45. The second-order valence-electron chi connectivity index (χ2n) is 5.32. The second kappa shape index (κ2) is 7.95. The minimum absolute atomic E-state index is 0.0102. The SMILES string of the molecule is CCc1c(Cl)cc(NC2=C(C(=O)OC)CN(CCO)C2=O)c(O)c1Cl. The van der Waals surface area contributed by atoms with Gasteiger partial charge in [-0.1, -0.05) is 30.1 Å². The molecular formula is C16H18Cl2N2O5. The summed E-state index contributed by atoms with van der Waals surface area (Å²) in [4.78, 5) is 25.7. The van der Waals surface area contributed by atoms with E-state index in [0.717, 1.165) is 0 Å². The quantitative estimate of drug-likeness (QED) is 0.508. The van der Waals surface area contributed by atoms with Crippen molar-refractivity contribution in [2.45, 2.75) is 13.3 Å². The zero-order valence-electron chi connectivity index (χ0n) is 13.7. The Labute approximate surface area is 154 Å². The number of esters is 1. The Morgan fingerprint density at radius 2 is 2.12 bits per heavy atom. The van der Waals surface area contributed by atoms with E-state index in [1.165, 1.54) is 18.1 Å². The number of ether oxygens (including phenoxy) is 1. The molecule has 0 spiro atoms. The van der Waals surface area contributed by atoms with Gasteiger partial charge in [-0.2, -0.15) is 0 Å². The monoisotopic (exact) mass is 388 g/mol. The highest BCUT2D eigenvalue weighted by Crippen LogP contribution is 2.40. The lowest BCUT2D eigenvalue weighted by molar-refractivity contribution is -0.136. The Morgan fingerprint density at radius 1 is 1.44 bits per heavy atom. The van der Waals surface area contributed by atoms with Crippen LogP contribution in [0.4, 0.5) is 5.69 Å². The summed E-state index contributed by atoms with van der Waals surface area (Å²) in [5.41, 5.74) is 0.718. The molecule has 9 heteroatoms. The first kappa shape index (κ1) is 19.4. The lowest BCUT2D eigenvalue weighted by Gasteiger charge is -2.16. The van der Waals surface area contributed by atoms with Gasteiger partial charge in [-0.15, -0.1) is 0 Å². The number of anilines is 1. The number of aliphatic hydroxyl groups is 1. The number of phenols is 1. The summed E-state index contributed by atoms with van der Waals surface area (Å²) < 4.78 is 4.70. The van der Waals surface area contributed by atoms with Crippen LogP contribution in [0.2, 0.25) is 10.0 Å². The molecule has 1 aromatic rings. The first-order valence-corrected chi connectivity index (χ1v) is 8.29. The highest BCUT2D eigenvalue weighted by molar-refractivity contribution is 6.37. The van der Waals surface area contributed by atoms with Crippen LogP contribution >= 0.6 is 23.2 Å². The molecule has 0 aromatic heterocycles. The summed E-state index contributed by atoms with van der Waals surface area (Å²) in [5.74, 6) is -1.45. The van der Waals surface area contributed by atoms with Crippen LogP contribution in [0.5, 0.6) is 5.75 Å². The fraction of sp³-hybridized carbons (Fsp3) is 0.375. The second-order valence-corrected chi connectivity index (χ2v) is 6.11. The van der Waals surface area contributed by atoms with Crippen molar-refractivity contribution in [2.75, 3.05) is 32.1 Å². The number of phenolic OH excluding ortho intramolecular Hbond substituents is 1. The fourth-order valence-corrected chi connectivity index (χ4v) is 3.27. The van der Waals surface area contributed by atoms with Gasteiger partial charge in [-0.3, -0.25) is 4.79 Å². The smallest absolute Gasteiger partial charge is 0.337 e. The van der Waals surface area contributed by atoms with E-state index in [2.05, 4.69) is 5.32 Å². The number of rotatable bonds is 6. The molecule has 1 aliphatic heterocycles. The molecule has 1 heterocycles. The average molecular weight is 389 g/mol. The van der Waals surface area contributed by atoms with Gasteiger partial charge in [0.15, 0.2) is 5.75 Å². The first-order chi connectivity index (χ1) is 11.8. The standard InChI is InChI=1S/C16H18Cl2N2O5/c1-3-8-10(17)6-11(14(22)12(8)18)19-13-9(16(24)25-2)7-20(4-5-21)15(13)23/h6,19,21-22H,3-5,7H2,1-2H3. The molecular weight excluding hydrogens is 371 g/mol. The Morgan fingerprint density at radius 3 is 2.68 bits per heavy atom. The van der Waals surface area contributed by atoms with Gasteiger partial charge in [-0.05, 0) is 18.1 Å². The third-order valence-corrected chi connectivity index (χ3v) is 4.60. The molecule has 0 bridgehead atoms. The number of benzene rings is 1. The van der Waals surface area contributed by atoms with E-state index in [-0.39, 0.29) is 47.4 Å². The van der Waals surface area contributed by atoms with Crippen molar-refractivity contribution in [1.29, 1.82) is 0 Å². The van der Waals surface area contributed by atoms with Crippen molar-refractivity contribution in [1.82, 2.24) is 4.90 Å². The van der Waals surface area contributed by atoms with Crippen molar-refractivity contribution >= 4 is 40.8 Å². The van der Waals surface area contributed by atoms with Gasteiger partial charge in [-0.25, -0.2) is 4.79 Å². The van der Waals surface area contributed by atoms with Crippen LogP contribution in [-0.4, -0.2) is 53.8 Å². The maximum atomic E-state index is 12.5.